The van der Waals surface area contributed by atoms with Gasteiger partial charge in [0.15, 0.2) is 0 Å². The first-order chi connectivity index (χ1) is 9.56. The van der Waals surface area contributed by atoms with Gasteiger partial charge in [-0.3, -0.25) is 0 Å². The highest BCUT2D eigenvalue weighted by Gasteiger charge is 2.19. The number of halogens is 1. The summed E-state index contributed by atoms with van der Waals surface area (Å²) >= 11 is 5.91. The molecule has 2 rings (SSSR count). The zero-order chi connectivity index (χ0) is 14.5. The van der Waals surface area contributed by atoms with Crippen LogP contribution in [0.5, 0.6) is 6.01 Å². The molecule has 2 heterocycles. The average molecular weight is 300 g/mol. The average Bonchev–Trinajstić information content (AvgIpc) is 2.38. The standard InChI is InChI=1S/C13H22ClN5O/c1-4-19-7-5-10(6-8-19)15-12-16-11(14)17-13(18-12)20-9(2)3/h9-10H,4-8H2,1-3H3,(H,15,16,17,18). The maximum Gasteiger partial charge on any atom is 0.322 e. The summed E-state index contributed by atoms with van der Waals surface area (Å²) in [6.07, 6.45) is 2.17. The smallest absolute Gasteiger partial charge is 0.322 e. The third-order valence-electron chi connectivity index (χ3n) is 3.30. The highest BCUT2D eigenvalue weighted by atomic mass is 35.5. The number of piperidine rings is 1. The summed E-state index contributed by atoms with van der Waals surface area (Å²) in [5, 5.41) is 3.48. The maximum absolute atomic E-state index is 5.91. The van der Waals surface area contributed by atoms with E-state index in [1.165, 1.54) is 0 Å². The van der Waals surface area contributed by atoms with Gasteiger partial charge in [0, 0.05) is 19.1 Å². The highest BCUT2D eigenvalue weighted by molar-refractivity contribution is 6.28. The van der Waals surface area contributed by atoms with Crippen molar-refractivity contribution in [2.24, 2.45) is 0 Å². The first-order valence-corrected chi connectivity index (χ1v) is 7.51. The number of anilines is 1. The molecule has 1 aromatic heterocycles. The van der Waals surface area contributed by atoms with Crippen LogP contribution < -0.4 is 10.1 Å². The number of likely N-dealkylation sites (tertiary alicyclic amines) is 1. The minimum absolute atomic E-state index is 0.00843. The van der Waals surface area contributed by atoms with Crippen LogP contribution in [-0.2, 0) is 0 Å². The molecule has 1 N–H and O–H groups in total. The number of hydrogen-bond acceptors (Lipinski definition) is 6. The number of aromatic nitrogens is 3. The van der Waals surface area contributed by atoms with Gasteiger partial charge in [0.05, 0.1) is 6.10 Å². The molecule has 0 aliphatic carbocycles. The van der Waals surface area contributed by atoms with Gasteiger partial charge in [-0.2, -0.15) is 15.0 Å². The number of rotatable bonds is 5. The predicted octanol–water partition coefficient (Wildman–Crippen LogP) is 2.21. The summed E-state index contributed by atoms with van der Waals surface area (Å²) in [7, 11) is 0. The Morgan fingerprint density at radius 2 is 2.00 bits per heavy atom. The molecule has 20 heavy (non-hydrogen) atoms. The van der Waals surface area contributed by atoms with Crippen LogP contribution in [-0.4, -0.2) is 51.6 Å². The summed E-state index contributed by atoms with van der Waals surface area (Å²) in [4.78, 5) is 14.8. The van der Waals surface area contributed by atoms with Crippen molar-refractivity contribution >= 4 is 17.5 Å². The molecule has 0 aromatic carbocycles. The molecular formula is C13H22ClN5O. The molecule has 0 radical (unpaired) electrons. The Hall–Kier alpha value is -1.14. The van der Waals surface area contributed by atoms with Crippen LogP contribution in [0, 0.1) is 0 Å². The topological polar surface area (TPSA) is 63.2 Å². The molecule has 1 fully saturated rings. The zero-order valence-corrected chi connectivity index (χ0v) is 13.0. The number of nitrogens with one attached hydrogen (secondary N) is 1. The molecular weight excluding hydrogens is 278 g/mol. The monoisotopic (exact) mass is 299 g/mol. The fourth-order valence-electron chi connectivity index (χ4n) is 2.24. The lowest BCUT2D eigenvalue weighted by Gasteiger charge is -2.31. The van der Waals surface area contributed by atoms with Crippen LogP contribution in [0.1, 0.15) is 33.6 Å². The second-order valence-electron chi connectivity index (χ2n) is 5.23. The minimum Gasteiger partial charge on any atom is -0.461 e. The van der Waals surface area contributed by atoms with Crippen molar-refractivity contribution in [1.29, 1.82) is 0 Å². The van der Waals surface area contributed by atoms with E-state index in [0.717, 1.165) is 32.5 Å². The lowest BCUT2D eigenvalue weighted by atomic mass is 10.1. The second kappa shape index (κ2) is 7.04. The summed E-state index contributed by atoms with van der Waals surface area (Å²) in [6, 6.07) is 0.650. The lowest BCUT2D eigenvalue weighted by molar-refractivity contribution is 0.220. The van der Waals surface area contributed by atoms with E-state index in [-0.39, 0.29) is 17.4 Å². The Morgan fingerprint density at radius 3 is 2.60 bits per heavy atom. The van der Waals surface area contributed by atoms with Gasteiger partial charge in [0.2, 0.25) is 11.2 Å². The Balaban J connectivity index is 1.97. The van der Waals surface area contributed by atoms with E-state index in [1.807, 2.05) is 13.8 Å². The van der Waals surface area contributed by atoms with E-state index in [9.17, 15) is 0 Å². The fourth-order valence-corrected chi connectivity index (χ4v) is 2.39. The molecule has 0 saturated carbocycles. The van der Waals surface area contributed by atoms with Crippen molar-refractivity contribution in [2.75, 3.05) is 25.0 Å². The Bertz CT molecular complexity index is 435. The van der Waals surface area contributed by atoms with E-state index in [2.05, 4.69) is 32.1 Å². The lowest BCUT2D eigenvalue weighted by Crippen LogP contribution is -2.39. The van der Waals surface area contributed by atoms with E-state index >= 15 is 0 Å². The van der Waals surface area contributed by atoms with Crippen LogP contribution in [0.15, 0.2) is 0 Å². The molecule has 1 aliphatic rings. The largest absolute Gasteiger partial charge is 0.461 e. The van der Waals surface area contributed by atoms with Crippen molar-refractivity contribution in [3.05, 3.63) is 5.28 Å². The van der Waals surface area contributed by atoms with E-state index < -0.39 is 0 Å². The van der Waals surface area contributed by atoms with Gasteiger partial charge < -0.3 is 15.0 Å². The van der Waals surface area contributed by atoms with Crippen molar-refractivity contribution in [3.63, 3.8) is 0 Å². The summed E-state index contributed by atoms with van der Waals surface area (Å²) in [5.74, 6) is 0.496. The molecule has 1 saturated heterocycles. The molecule has 112 valence electrons. The molecule has 0 unspecified atom stereocenters. The highest BCUT2D eigenvalue weighted by Crippen LogP contribution is 2.17. The molecule has 7 heteroatoms. The van der Waals surface area contributed by atoms with Crippen LogP contribution >= 0.6 is 11.6 Å². The van der Waals surface area contributed by atoms with Crippen LogP contribution in [0.4, 0.5) is 5.95 Å². The summed E-state index contributed by atoms with van der Waals surface area (Å²) in [5.41, 5.74) is 0. The zero-order valence-electron chi connectivity index (χ0n) is 12.3. The molecule has 1 aliphatic heterocycles. The van der Waals surface area contributed by atoms with Gasteiger partial charge in [0.1, 0.15) is 0 Å². The number of nitrogens with zero attached hydrogens (tertiary/aromatic N) is 4. The van der Waals surface area contributed by atoms with Crippen molar-refractivity contribution in [3.8, 4) is 6.01 Å². The summed E-state index contributed by atoms with van der Waals surface area (Å²) in [6.45, 7) is 9.34. The summed E-state index contributed by atoms with van der Waals surface area (Å²) < 4.78 is 5.46. The van der Waals surface area contributed by atoms with Crippen molar-refractivity contribution in [2.45, 2.75) is 45.8 Å². The van der Waals surface area contributed by atoms with Gasteiger partial charge in [-0.25, -0.2) is 0 Å². The Labute approximate surface area is 124 Å². The van der Waals surface area contributed by atoms with Gasteiger partial charge in [-0.15, -0.1) is 0 Å². The van der Waals surface area contributed by atoms with Crippen LogP contribution in [0.25, 0.3) is 0 Å². The van der Waals surface area contributed by atoms with Gasteiger partial charge in [-0.1, -0.05) is 6.92 Å². The minimum atomic E-state index is 0.00843. The quantitative estimate of drug-likeness (QED) is 0.899. The molecule has 0 atom stereocenters. The van der Waals surface area contributed by atoms with Crippen LogP contribution in [0.2, 0.25) is 5.28 Å². The van der Waals surface area contributed by atoms with E-state index in [4.69, 9.17) is 16.3 Å². The first kappa shape index (κ1) is 15.3. The number of ether oxygens (including phenoxy) is 1. The molecule has 1 aromatic rings. The molecule has 0 bridgehead atoms. The normalized spacial score (nSPS) is 17.4. The number of hydrogen-bond donors (Lipinski definition) is 1. The van der Waals surface area contributed by atoms with Gasteiger partial charge in [-0.05, 0) is 44.8 Å². The third-order valence-corrected chi connectivity index (χ3v) is 3.47. The SMILES string of the molecule is CCN1CCC(Nc2nc(Cl)nc(OC(C)C)n2)CC1. The second-order valence-corrected chi connectivity index (χ2v) is 5.57. The molecule has 0 amide bonds. The van der Waals surface area contributed by atoms with Crippen molar-refractivity contribution in [1.82, 2.24) is 19.9 Å². The molecule has 0 spiro atoms. The first-order valence-electron chi connectivity index (χ1n) is 7.14. The Morgan fingerprint density at radius 1 is 1.30 bits per heavy atom. The predicted molar refractivity (Wildman–Crippen MR) is 79.4 cm³/mol. The van der Waals surface area contributed by atoms with Gasteiger partial charge >= 0.3 is 6.01 Å². The molecule has 6 nitrogen and oxygen atoms in total. The van der Waals surface area contributed by atoms with Crippen LogP contribution in [0.3, 0.4) is 0 Å². The third kappa shape index (κ3) is 4.45. The fraction of sp³-hybridized carbons (Fsp3) is 0.769. The van der Waals surface area contributed by atoms with E-state index in [0.29, 0.717) is 12.0 Å². The maximum atomic E-state index is 5.91. The van der Waals surface area contributed by atoms with E-state index in [1.54, 1.807) is 0 Å². The van der Waals surface area contributed by atoms with Gasteiger partial charge in [0.25, 0.3) is 0 Å². The van der Waals surface area contributed by atoms with Crippen molar-refractivity contribution < 1.29 is 4.74 Å². The Kier molecular flexibility index (Phi) is 5.37.